The van der Waals surface area contributed by atoms with Gasteiger partial charge in [0.2, 0.25) is 0 Å². The Hall–Kier alpha value is -3.21. The van der Waals surface area contributed by atoms with Crippen LogP contribution in [0.3, 0.4) is 0 Å². The zero-order chi connectivity index (χ0) is 21.1. The summed E-state index contributed by atoms with van der Waals surface area (Å²) in [4.78, 5) is 26.8. The SMILES string of the molecule is N#C[C@H](Cc1ccc2c(c1)CN(c1ccccc1)C2=O)C1(C(N)=O)CNCCCO1. The number of hydrogen-bond acceptors (Lipinski definition) is 5. The minimum absolute atomic E-state index is 0.0375. The monoisotopic (exact) mass is 404 g/mol. The molecule has 0 aliphatic carbocycles. The van der Waals surface area contributed by atoms with Crippen molar-refractivity contribution in [2.24, 2.45) is 11.7 Å². The number of nitrogens with two attached hydrogens (primary N) is 1. The van der Waals surface area contributed by atoms with Gasteiger partial charge >= 0.3 is 0 Å². The van der Waals surface area contributed by atoms with Crippen LogP contribution in [0, 0.1) is 17.2 Å². The molecule has 0 bridgehead atoms. The zero-order valence-corrected chi connectivity index (χ0v) is 16.6. The molecule has 0 saturated carbocycles. The number of nitrogens with zero attached hydrogens (tertiary/aromatic N) is 2. The second-order valence-corrected chi connectivity index (χ2v) is 7.74. The predicted molar refractivity (Wildman–Crippen MR) is 112 cm³/mol. The molecule has 2 heterocycles. The molecular weight excluding hydrogens is 380 g/mol. The van der Waals surface area contributed by atoms with Crippen molar-refractivity contribution in [1.29, 1.82) is 5.26 Å². The van der Waals surface area contributed by atoms with E-state index in [0.717, 1.165) is 23.2 Å². The van der Waals surface area contributed by atoms with Crippen molar-refractivity contribution in [3.63, 3.8) is 0 Å². The summed E-state index contributed by atoms with van der Waals surface area (Å²) in [7, 11) is 0. The largest absolute Gasteiger partial charge is 0.367 e. The van der Waals surface area contributed by atoms with E-state index in [9.17, 15) is 14.9 Å². The number of nitriles is 1. The Labute approximate surface area is 175 Å². The maximum absolute atomic E-state index is 12.8. The Morgan fingerprint density at radius 1 is 1.30 bits per heavy atom. The van der Waals surface area contributed by atoms with Crippen molar-refractivity contribution < 1.29 is 14.3 Å². The summed E-state index contributed by atoms with van der Waals surface area (Å²) in [6.45, 7) is 1.77. The fraction of sp³-hybridized carbons (Fsp3) is 0.348. The first-order valence-electron chi connectivity index (χ1n) is 10.1. The van der Waals surface area contributed by atoms with Crippen LogP contribution in [0.4, 0.5) is 5.69 Å². The van der Waals surface area contributed by atoms with Crippen molar-refractivity contribution in [3.05, 3.63) is 65.2 Å². The van der Waals surface area contributed by atoms with Gasteiger partial charge in [0.1, 0.15) is 0 Å². The first-order chi connectivity index (χ1) is 14.5. The summed E-state index contributed by atoms with van der Waals surface area (Å²) in [5.74, 6) is -1.40. The maximum Gasteiger partial charge on any atom is 0.258 e. The van der Waals surface area contributed by atoms with Crippen molar-refractivity contribution in [2.45, 2.75) is 25.0 Å². The van der Waals surface area contributed by atoms with Crippen molar-refractivity contribution >= 4 is 17.5 Å². The van der Waals surface area contributed by atoms with E-state index in [2.05, 4.69) is 11.4 Å². The fourth-order valence-corrected chi connectivity index (χ4v) is 4.20. The highest BCUT2D eigenvalue weighted by atomic mass is 16.5. The molecule has 2 aliphatic heterocycles. The lowest BCUT2D eigenvalue weighted by Crippen LogP contribution is -2.57. The average Bonchev–Trinajstić information content (AvgIpc) is 2.93. The summed E-state index contributed by atoms with van der Waals surface area (Å²) < 4.78 is 5.84. The van der Waals surface area contributed by atoms with E-state index in [-0.39, 0.29) is 12.5 Å². The van der Waals surface area contributed by atoms with Gasteiger partial charge in [0.15, 0.2) is 5.60 Å². The number of amides is 2. The molecule has 7 nitrogen and oxygen atoms in total. The Kier molecular flexibility index (Phi) is 5.53. The van der Waals surface area contributed by atoms with Crippen LogP contribution in [0.2, 0.25) is 0 Å². The number of rotatable bonds is 5. The molecule has 7 heteroatoms. The summed E-state index contributed by atoms with van der Waals surface area (Å²) >= 11 is 0. The minimum atomic E-state index is -1.36. The van der Waals surface area contributed by atoms with Gasteiger partial charge in [-0.25, -0.2) is 0 Å². The van der Waals surface area contributed by atoms with Gasteiger partial charge in [-0.3, -0.25) is 9.59 Å². The number of carbonyl (C=O) groups is 2. The lowest BCUT2D eigenvalue weighted by molar-refractivity contribution is -0.147. The van der Waals surface area contributed by atoms with Gasteiger partial charge < -0.3 is 20.7 Å². The van der Waals surface area contributed by atoms with E-state index in [0.29, 0.717) is 31.7 Å². The predicted octanol–water partition coefficient (Wildman–Crippen LogP) is 1.76. The van der Waals surface area contributed by atoms with Crippen LogP contribution in [-0.2, 0) is 22.5 Å². The Morgan fingerprint density at radius 2 is 2.10 bits per heavy atom. The van der Waals surface area contributed by atoms with Crippen molar-refractivity contribution in [1.82, 2.24) is 5.32 Å². The maximum atomic E-state index is 12.8. The van der Waals surface area contributed by atoms with Crippen LogP contribution in [0.5, 0.6) is 0 Å². The van der Waals surface area contributed by atoms with Crippen LogP contribution >= 0.6 is 0 Å². The van der Waals surface area contributed by atoms with Gasteiger partial charge in [-0.15, -0.1) is 0 Å². The number of para-hydroxylation sites is 1. The molecule has 3 N–H and O–H groups in total. The molecule has 1 unspecified atom stereocenters. The molecule has 154 valence electrons. The highest BCUT2D eigenvalue weighted by Crippen LogP contribution is 2.31. The number of benzene rings is 2. The normalized spacial score (nSPS) is 22.1. The molecule has 1 fully saturated rings. The minimum Gasteiger partial charge on any atom is -0.367 e. The third kappa shape index (κ3) is 3.56. The average molecular weight is 404 g/mol. The van der Waals surface area contributed by atoms with Crippen molar-refractivity contribution in [3.8, 4) is 6.07 Å². The highest BCUT2D eigenvalue weighted by Gasteiger charge is 2.46. The van der Waals surface area contributed by atoms with E-state index < -0.39 is 17.4 Å². The van der Waals surface area contributed by atoms with Gasteiger partial charge in [0, 0.05) is 24.4 Å². The lowest BCUT2D eigenvalue weighted by atomic mass is 9.82. The molecule has 2 aromatic carbocycles. The molecule has 2 aromatic rings. The number of nitrogens with one attached hydrogen (secondary N) is 1. The molecule has 1 saturated heterocycles. The second kappa shape index (κ2) is 8.27. The summed E-state index contributed by atoms with van der Waals surface area (Å²) in [5, 5.41) is 13.0. The third-order valence-electron chi connectivity index (χ3n) is 5.86. The van der Waals surface area contributed by atoms with Crippen LogP contribution in [0.25, 0.3) is 0 Å². The molecule has 2 amide bonds. The molecule has 2 aliphatic rings. The topological polar surface area (TPSA) is 108 Å². The second-order valence-electron chi connectivity index (χ2n) is 7.74. The quantitative estimate of drug-likeness (QED) is 0.789. The molecule has 30 heavy (non-hydrogen) atoms. The van der Waals surface area contributed by atoms with E-state index in [4.69, 9.17) is 10.5 Å². The number of ether oxygens (including phenoxy) is 1. The van der Waals surface area contributed by atoms with E-state index in [1.807, 2.05) is 42.5 Å². The van der Waals surface area contributed by atoms with Gasteiger partial charge in [-0.1, -0.05) is 30.3 Å². The third-order valence-corrected chi connectivity index (χ3v) is 5.86. The summed E-state index contributed by atoms with van der Waals surface area (Å²) in [5.41, 5.74) is 7.61. The standard InChI is InChI=1S/C23H24N4O3/c24-13-18(23(22(25)29)15-26-9-4-10-30-23)12-16-7-8-20-17(11-16)14-27(21(20)28)19-5-2-1-3-6-19/h1-3,5-8,11,18,26H,4,9-10,12,14-15H2,(H2,25,29)/t18-,23?/m0/s1. The first kappa shape index (κ1) is 20.1. The number of carbonyl (C=O) groups excluding carboxylic acids is 2. The molecule has 0 radical (unpaired) electrons. The lowest BCUT2D eigenvalue weighted by Gasteiger charge is -2.33. The fourth-order valence-electron chi connectivity index (χ4n) is 4.20. The molecule has 0 aromatic heterocycles. The van der Waals surface area contributed by atoms with Crippen LogP contribution in [-0.4, -0.2) is 37.1 Å². The number of fused-ring (bicyclic) bond motifs is 1. The Balaban J connectivity index is 1.58. The van der Waals surface area contributed by atoms with E-state index >= 15 is 0 Å². The van der Waals surface area contributed by atoms with Gasteiger partial charge in [0.05, 0.1) is 18.5 Å². The van der Waals surface area contributed by atoms with Gasteiger partial charge in [-0.2, -0.15) is 5.26 Å². The Bertz CT molecular complexity index is 991. The first-order valence-corrected chi connectivity index (χ1v) is 10.1. The van der Waals surface area contributed by atoms with E-state index in [1.54, 1.807) is 11.0 Å². The van der Waals surface area contributed by atoms with Crippen LogP contribution in [0.15, 0.2) is 48.5 Å². The molecule has 2 atom stereocenters. The van der Waals surface area contributed by atoms with Gasteiger partial charge in [0.25, 0.3) is 11.8 Å². The molecule has 0 spiro atoms. The van der Waals surface area contributed by atoms with Crippen molar-refractivity contribution in [2.75, 3.05) is 24.6 Å². The van der Waals surface area contributed by atoms with E-state index in [1.165, 1.54) is 0 Å². The molecule has 4 rings (SSSR count). The number of primary amides is 1. The van der Waals surface area contributed by atoms with Crippen LogP contribution in [0.1, 0.15) is 27.9 Å². The summed E-state index contributed by atoms with van der Waals surface area (Å²) in [6, 6.07) is 17.4. The summed E-state index contributed by atoms with van der Waals surface area (Å²) in [6.07, 6.45) is 1.07. The Morgan fingerprint density at radius 3 is 2.83 bits per heavy atom. The smallest absolute Gasteiger partial charge is 0.258 e. The van der Waals surface area contributed by atoms with Crippen LogP contribution < -0.4 is 16.0 Å². The number of anilines is 1. The highest BCUT2D eigenvalue weighted by molar-refractivity contribution is 6.10. The number of hydrogen-bond donors (Lipinski definition) is 2. The van der Waals surface area contributed by atoms with Gasteiger partial charge in [-0.05, 0) is 48.7 Å². The molecular formula is C23H24N4O3. The zero-order valence-electron chi connectivity index (χ0n) is 16.6.